The summed E-state index contributed by atoms with van der Waals surface area (Å²) in [6.07, 6.45) is 0. The van der Waals surface area contributed by atoms with Crippen LogP contribution in [-0.4, -0.2) is 28.7 Å². The fourth-order valence-electron chi connectivity index (χ4n) is 1.87. The smallest absolute Gasteiger partial charge is 0.319 e. The molecule has 2 aromatic carbocycles. The van der Waals surface area contributed by atoms with Crippen molar-refractivity contribution in [2.45, 2.75) is 17.1 Å². The summed E-state index contributed by atoms with van der Waals surface area (Å²) in [6, 6.07) is 14.7. The third-order valence-corrected chi connectivity index (χ3v) is 4.19. The molecule has 1 N–H and O–H groups in total. The maximum atomic E-state index is 11.9. The van der Waals surface area contributed by atoms with Crippen molar-refractivity contribution in [3.8, 4) is 0 Å². The van der Waals surface area contributed by atoms with Gasteiger partial charge in [-0.3, -0.25) is 19.7 Å². The maximum absolute atomic E-state index is 11.9. The van der Waals surface area contributed by atoms with Crippen LogP contribution in [-0.2, 0) is 14.3 Å². The largest absolute Gasteiger partial charge is 0.455 e. The number of amides is 1. The van der Waals surface area contributed by atoms with Gasteiger partial charge < -0.3 is 10.1 Å². The molecule has 0 fully saturated rings. The second-order valence-electron chi connectivity index (χ2n) is 5.03. The van der Waals surface area contributed by atoms with Crippen molar-refractivity contribution < 1.29 is 19.2 Å². The minimum Gasteiger partial charge on any atom is -0.455 e. The number of nitrogens with zero attached hydrogens (tertiary/aromatic N) is 1. The lowest BCUT2D eigenvalue weighted by Crippen LogP contribution is -2.24. The van der Waals surface area contributed by atoms with Gasteiger partial charge in [-0.15, -0.1) is 11.8 Å². The van der Waals surface area contributed by atoms with E-state index in [0.29, 0.717) is 10.6 Å². The Bertz CT molecular complexity index is 749. The number of nitrogens with one attached hydrogen (secondary N) is 1. The van der Waals surface area contributed by atoms with E-state index in [2.05, 4.69) is 5.32 Å². The monoisotopic (exact) mass is 360 g/mol. The summed E-state index contributed by atoms with van der Waals surface area (Å²) in [7, 11) is 0. The van der Waals surface area contributed by atoms with Crippen LogP contribution in [0.1, 0.15) is 6.92 Å². The Morgan fingerprint density at radius 3 is 2.40 bits per heavy atom. The Hall–Kier alpha value is -2.87. The summed E-state index contributed by atoms with van der Waals surface area (Å²) >= 11 is 1.20. The normalized spacial score (nSPS) is 11.4. The third kappa shape index (κ3) is 5.92. The number of nitro benzene ring substituents is 1. The molecule has 25 heavy (non-hydrogen) atoms. The maximum Gasteiger partial charge on any atom is 0.319 e. The van der Waals surface area contributed by atoms with E-state index < -0.39 is 22.0 Å². The lowest BCUT2D eigenvalue weighted by atomic mass is 10.3. The highest BCUT2D eigenvalue weighted by molar-refractivity contribution is 8.00. The Balaban J connectivity index is 1.79. The van der Waals surface area contributed by atoms with Gasteiger partial charge in [-0.25, -0.2) is 0 Å². The summed E-state index contributed by atoms with van der Waals surface area (Å²) < 4.78 is 4.99. The molecule has 8 heteroatoms. The van der Waals surface area contributed by atoms with Crippen LogP contribution in [0.25, 0.3) is 0 Å². The first-order valence-corrected chi connectivity index (χ1v) is 8.26. The van der Waals surface area contributed by atoms with E-state index in [9.17, 15) is 19.7 Å². The Morgan fingerprint density at radius 2 is 1.80 bits per heavy atom. The van der Waals surface area contributed by atoms with E-state index in [-0.39, 0.29) is 12.3 Å². The van der Waals surface area contributed by atoms with Crippen LogP contribution in [0.4, 0.5) is 11.4 Å². The molecule has 0 aliphatic carbocycles. The van der Waals surface area contributed by atoms with Crippen LogP contribution in [0, 0.1) is 10.1 Å². The second-order valence-corrected chi connectivity index (χ2v) is 6.45. The molecule has 1 atom stereocenters. The zero-order chi connectivity index (χ0) is 18.2. The van der Waals surface area contributed by atoms with Crippen LogP contribution in [0.15, 0.2) is 59.5 Å². The first-order valence-electron chi connectivity index (χ1n) is 7.38. The van der Waals surface area contributed by atoms with E-state index in [0.717, 1.165) is 0 Å². The molecular weight excluding hydrogens is 344 g/mol. The summed E-state index contributed by atoms with van der Waals surface area (Å²) in [5.74, 6) is -0.960. The molecule has 0 spiro atoms. The molecule has 1 unspecified atom stereocenters. The molecule has 0 aliphatic heterocycles. The molecule has 2 rings (SSSR count). The van der Waals surface area contributed by atoms with Crippen molar-refractivity contribution in [3.05, 3.63) is 64.7 Å². The first kappa shape index (κ1) is 18.5. The molecule has 7 nitrogen and oxygen atoms in total. The molecule has 0 aromatic heterocycles. The predicted molar refractivity (Wildman–Crippen MR) is 94.4 cm³/mol. The average Bonchev–Trinajstić information content (AvgIpc) is 2.61. The summed E-state index contributed by atoms with van der Waals surface area (Å²) in [6.45, 7) is 1.27. The summed E-state index contributed by atoms with van der Waals surface area (Å²) in [5.41, 5.74) is 0.606. The van der Waals surface area contributed by atoms with E-state index in [4.69, 9.17) is 4.74 Å². The lowest BCUT2D eigenvalue weighted by Gasteiger charge is -2.11. The van der Waals surface area contributed by atoms with Crippen LogP contribution >= 0.6 is 11.8 Å². The zero-order valence-corrected chi connectivity index (χ0v) is 14.2. The fourth-order valence-corrected chi connectivity index (χ4v) is 2.74. The molecule has 0 saturated heterocycles. The van der Waals surface area contributed by atoms with Crippen molar-refractivity contribution in [1.29, 1.82) is 0 Å². The van der Waals surface area contributed by atoms with Gasteiger partial charge in [0.25, 0.3) is 11.6 Å². The Labute approximate surface area is 148 Å². The van der Waals surface area contributed by atoms with E-state index in [1.54, 1.807) is 43.3 Å². The second kappa shape index (κ2) is 8.84. The highest BCUT2D eigenvalue weighted by Gasteiger charge is 2.18. The number of anilines is 1. The molecule has 0 radical (unpaired) electrons. The fraction of sp³-hybridized carbons (Fsp3) is 0.176. The number of non-ortho nitro benzene ring substituents is 1. The van der Waals surface area contributed by atoms with Crippen molar-refractivity contribution in [1.82, 2.24) is 0 Å². The predicted octanol–water partition coefficient (Wildman–Crippen LogP) is 3.26. The number of rotatable bonds is 7. The topological polar surface area (TPSA) is 98.5 Å². The highest BCUT2D eigenvalue weighted by atomic mass is 32.2. The molecule has 0 aliphatic rings. The quantitative estimate of drug-likeness (QED) is 0.352. The number of ether oxygens (including phenoxy) is 1. The average molecular weight is 360 g/mol. The number of carbonyl (C=O) groups excluding carboxylic acids is 2. The number of carbonyl (C=O) groups is 2. The van der Waals surface area contributed by atoms with Gasteiger partial charge in [0.15, 0.2) is 6.61 Å². The van der Waals surface area contributed by atoms with Crippen LogP contribution in [0.3, 0.4) is 0 Å². The van der Waals surface area contributed by atoms with E-state index in [1.165, 1.54) is 23.9 Å². The van der Waals surface area contributed by atoms with Gasteiger partial charge in [0.1, 0.15) is 5.25 Å². The van der Waals surface area contributed by atoms with Crippen molar-refractivity contribution in [2.75, 3.05) is 11.9 Å². The lowest BCUT2D eigenvalue weighted by molar-refractivity contribution is -0.384. The number of benzene rings is 2. The number of nitro groups is 1. The number of esters is 1. The van der Waals surface area contributed by atoms with Gasteiger partial charge in [0, 0.05) is 22.7 Å². The van der Waals surface area contributed by atoms with E-state index >= 15 is 0 Å². The summed E-state index contributed by atoms with van der Waals surface area (Å²) in [5, 5.41) is 12.7. The third-order valence-electron chi connectivity index (χ3n) is 3.10. The number of thioether (sulfide) groups is 1. The van der Waals surface area contributed by atoms with Gasteiger partial charge in [-0.05, 0) is 31.2 Å². The molecule has 1 amide bonds. The van der Waals surface area contributed by atoms with Gasteiger partial charge in [0.2, 0.25) is 0 Å². The van der Waals surface area contributed by atoms with Crippen molar-refractivity contribution in [3.63, 3.8) is 0 Å². The summed E-state index contributed by atoms with van der Waals surface area (Å²) in [4.78, 5) is 34.5. The van der Waals surface area contributed by atoms with E-state index in [1.807, 2.05) is 6.07 Å². The number of para-hydroxylation sites is 1. The van der Waals surface area contributed by atoms with Crippen LogP contribution in [0.2, 0.25) is 0 Å². The number of hydrogen-bond donors (Lipinski definition) is 1. The zero-order valence-electron chi connectivity index (χ0n) is 13.4. The minimum atomic E-state index is -0.550. The van der Waals surface area contributed by atoms with Crippen molar-refractivity contribution in [2.24, 2.45) is 0 Å². The van der Waals surface area contributed by atoms with Crippen LogP contribution in [0.5, 0.6) is 0 Å². The van der Waals surface area contributed by atoms with Crippen molar-refractivity contribution >= 4 is 35.0 Å². The Morgan fingerprint density at radius 1 is 1.16 bits per heavy atom. The van der Waals surface area contributed by atoms with Crippen LogP contribution < -0.4 is 5.32 Å². The molecule has 130 valence electrons. The number of hydrogen-bond acceptors (Lipinski definition) is 6. The molecule has 2 aromatic rings. The first-order chi connectivity index (χ1) is 12.0. The molecule has 0 saturated carbocycles. The molecule has 0 heterocycles. The SMILES string of the molecule is CC(Sc1ccc([N+](=O)[O-])cc1)C(=O)OCC(=O)Nc1ccccc1. The van der Waals surface area contributed by atoms with Gasteiger partial charge >= 0.3 is 5.97 Å². The molecule has 0 bridgehead atoms. The van der Waals surface area contributed by atoms with Gasteiger partial charge in [-0.1, -0.05) is 18.2 Å². The van der Waals surface area contributed by atoms with Gasteiger partial charge in [0.05, 0.1) is 4.92 Å². The molecular formula is C17H16N2O5S. The minimum absolute atomic E-state index is 0.0165. The standard InChI is InChI=1S/C17H16N2O5S/c1-12(25-15-9-7-14(8-10-15)19(22)23)17(21)24-11-16(20)18-13-5-3-2-4-6-13/h2-10,12H,11H2,1H3,(H,18,20). The van der Waals surface area contributed by atoms with Gasteiger partial charge in [-0.2, -0.15) is 0 Å². The highest BCUT2D eigenvalue weighted by Crippen LogP contribution is 2.25. The Kier molecular flexibility index (Phi) is 6.53.